The number of benzene rings is 7. The van der Waals surface area contributed by atoms with Crippen molar-refractivity contribution in [1.29, 1.82) is 0 Å². The second kappa shape index (κ2) is 11.9. The van der Waals surface area contributed by atoms with Crippen LogP contribution in [0.25, 0.3) is 33.2 Å². The van der Waals surface area contributed by atoms with Gasteiger partial charge in [0.1, 0.15) is 0 Å². The largest absolute Gasteiger partial charge is 0.309 e. The average Bonchev–Trinajstić information content (AvgIpc) is 3.59. The predicted octanol–water partition coefficient (Wildman–Crippen LogP) is 12.8. The molecule has 55 heavy (non-hydrogen) atoms. The third-order valence-corrected chi connectivity index (χ3v) is 13.1. The van der Waals surface area contributed by atoms with Gasteiger partial charge < -0.3 is 4.57 Å². The number of hydrogen-bond acceptors (Lipinski definition) is 1. The van der Waals surface area contributed by atoms with Crippen LogP contribution in [-0.2, 0) is 10.8 Å². The molecule has 3 aliphatic rings. The van der Waals surface area contributed by atoms with Crippen molar-refractivity contribution in [3.63, 3.8) is 0 Å². The first kappa shape index (κ1) is 32.2. The van der Waals surface area contributed by atoms with Crippen LogP contribution in [0.5, 0.6) is 0 Å². The third-order valence-electron chi connectivity index (χ3n) is 13.1. The van der Waals surface area contributed by atoms with Gasteiger partial charge in [0.2, 0.25) is 0 Å². The highest BCUT2D eigenvalue weighted by molar-refractivity contribution is 6.12. The van der Waals surface area contributed by atoms with Crippen molar-refractivity contribution in [2.75, 3.05) is 0 Å². The number of rotatable bonds is 4. The van der Waals surface area contributed by atoms with Crippen molar-refractivity contribution in [2.45, 2.75) is 43.9 Å². The van der Waals surface area contributed by atoms with E-state index in [-0.39, 0.29) is 17.3 Å². The molecule has 1 spiro atoms. The Morgan fingerprint density at radius 2 is 1.16 bits per heavy atom. The lowest BCUT2D eigenvalue weighted by molar-refractivity contribution is 0.549. The van der Waals surface area contributed by atoms with E-state index < -0.39 is 5.41 Å². The molecule has 2 aliphatic heterocycles. The summed E-state index contributed by atoms with van der Waals surface area (Å²) in [7, 11) is 0. The van der Waals surface area contributed by atoms with Crippen LogP contribution >= 0.6 is 0 Å². The molecule has 264 valence electrons. The predicted molar refractivity (Wildman–Crippen MR) is 229 cm³/mol. The van der Waals surface area contributed by atoms with Crippen LogP contribution in [0, 0.1) is 5.92 Å². The van der Waals surface area contributed by atoms with Gasteiger partial charge in [0.05, 0.1) is 33.5 Å². The summed E-state index contributed by atoms with van der Waals surface area (Å²) in [5, 5.41) is 2.60. The van der Waals surface area contributed by atoms with Crippen molar-refractivity contribution in [2.24, 2.45) is 10.9 Å². The molecular formula is C53H42N2. The molecule has 1 aliphatic carbocycles. The Hall–Kier alpha value is -6.25. The minimum Gasteiger partial charge on any atom is -0.309 e. The van der Waals surface area contributed by atoms with Crippen LogP contribution in [0.4, 0.5) is 0 Å². The zero-order valence-electron chi connectivity index (χ0n) is 31.5. The molecule has 3 heterocycles. The molecule has 0 fully saturated rings. The molecule has 2 nitrogen and oxygen atoms in total. The lowest BCUT2D eigenvalue weighted by atomic mass is 9.53. The number of hydrogen-bond donors (Lipinski definition) is 0. The van der Waals surface area contributed by atoms with Crippen molar-refractivity contribution < 1.29 is 0 Å². The van der Waals surface area contributed by atoms with Crippen molar-refractivity contribution in [3.8, 4) is 5.69 Å². The van der Waals surface area contributed by atoms with Crippen LogP contribution in [0.1, 0.15) is 83.2 Å². The monoisotopic (exact) mass is 706 g/mol. The van der Waals surface area contributed by atoms with Crippen LogP contribution in [0.3, 0.4) is 0 Å². The van der Waals surface area contributed by atoms with Crippen LogP contribution in [-0.4, -0.2) is 10.3 Å². The van der Waals surface area contributed by atoms with Gasteiger partial charge >= 0.3 is 0 Å². The zero-order chi connectivity index (χ0) is 36.9. The lowest BCUT2D eigenvalue weighted by Crippen LogP contribution is -2.44. The number of aliphatic imine (C=N–C) groups is 1. The maximum absolute atomic E-state index is 5.43. The molecule has 0 N–H and O–H groups in total. The van der Waals surface area contributed by atoms with Gasteiger partial charge in [-0.05, 0) is 74.7 Å². The summed E-state index contributed by atoms with van der Waals surface area (Å²) in [6, 6.07) is 63.5. The highest BCUT2D eigenvalue weighted by Gasteiger charge is 2.52. The summed E-state index contributed by atoms with van der Waals surface area (Å²) in [5.41, 5.74) is 17.3. The van der Waals surface area contributed by atoms with E-state index in [1.54, 1.807) is 0 Å². The first-order valence-electron chi connectivity index (χ1n) is 19.8. The minimum absolute atomic E-state index is 0.159. The van der Waals surface area contributed by atoms with Crippen LogP contribution in [0.2, 0.25) is 0 Å². The molecule has 0 saturated heterocycles. The SMILES string of the molecule is CCC1C(c2ccccc2)=NC(c2ccccc2)=CC1c1ccc2c(c1)C(C)(C)c1ccccc1C21c2ccccc2-n2c3ccccc3c3cccc1c32. The Kier molecular flexibility index (Phi) is 6.95. The second-order valence-corrected chi connectivity index (χ2v) is 16.1. The smallest absolute Gasteiger partial charge is 0.0748 e. The molecule has 2 heteroatoms. The Morgan fingerprint density at radius 1 is 0.545 bits per heavy atom. The summed E-state index contributed by atoms with van der Waals surface area (Å²) < 4.78 is 2.53. The highest BCUT2D eigenvalue weighted by atomic mass is 15.0. The van der Waals surface area contributed by atoms with E-state index in [9.17, 15) is 0 Å². The fraction of sp³-hybridized carbons (Fsp3) is 0.151. The van der Waals surface area contributed by atoms with Gasteiger partial charge in [0, 0.05) is 28.0 Å². The molecule has 11 rings (SSSR count). The third kappa shape index (κ3) is 4.34. The summed E-state index contributed by atoms with van der Waals surface area (Å²) in [4.78, 5) is 5.43. The first-order chi connectivity index (χ1) is 27.0. The topological polar surface area (TPSA) is 17.3 Å². The fourth-order valence-electron chi connectivity index (χ4n) is 10.7. The molecule has 7 aromatic carbocycles. The molecule has 3 unspecified atom stereocenters. The molecule has 8 aromatic rings. The Labute approximate surface area is 323 Å². The number of aromatic nitrogens is 1. The Morgan fingerprint density at radius 3 is 1.95 bits per heavy atom. The van der Waals surface area contributed by atoms with E-state index >= 15 is 0 Å². The fourth-order valence-corrected chi connectivity index (χ4v) is 10.7. The number of para-hydroxylation sites is 3. The van der Waals surface area contributed by atoms with Crippen molar-refractivity contribution >= 4 is 33.2 Å². The quantitative estimate of drug-likeness (QED) is 0.173. The maximum Gasteiger partial charge on any atom is 0.0748 e. The van der Waals surface area contributed by atoms with E-state index in [1.807, 2.05) is 0 Å². The Balaban J connectivity index is 1.21. The number of fused-ring (bicyclic) bond motifs is 11. The van der Waals surface area contributed by atoms with Gasteiger partial charge in [0.15, 0.2) is 0 Å². The van der Waals surface area contributed by atoms with Crippen LogP contribution in [0.15, 0.2) is 181 Å². The maximum atomic E-state index is 5.43. The van der Waals surface area contributed by atoms with Gasteiger partial charge in [-0.25, -0.2) is 0 Å². The first-order valence-corrected chi connectivity index (χ1v) is 19.8. The van der Waals surface area contributed by atoms with Crippen molar-refractivity contribution in [1.82, 2.24) is 4.57 Å². The molecule has 1 aromatic heterocycles. The zero-order valence-corrected chi connectivity index (χ0v) is 31.5. The molecule has 0 radical (unpaired) electrons. The molecule has 3 atom stereocenters. The van der Waals surface area contributed by atoms with E-state index in [1.165, 1.54) is 77.7 Å². The van der Waals surface area contributed by atoms with Gasteiger partial charge in [-0.1, -0.05) is 178 Å². The second-order valence-electron chi connectivity index (χ2n) is 16.1. The minimum atomic E-state index is -0.501. The summed E-state index contributed by atoms with van der Waals surface area (Å²) in [5.74, 6) is 0.396. The molecule has 0 bridgehead atoms. The molecule has 0 amide bonds. The van der Waals surface area contributed by atoms with E-state index in [2.05, 4.69) is 201 Å². The van der Waals surface area contributed by atoms with Gasteiger partial charge in [0.25, 0.3) is 0 Å². The standard InChI is InChI=1S/C53H42N2/c1-4-37-40(33-47(34-18-7-5-8-19-34)54-50(37)35-20-9-6-10-21-35)36-30-31-43-46(32-36)52(2,3)41-24-12-13-25-42(41)53(43)44-26-14-16-29-49(44)55-48-28-15-11-22-38(48)39-23-17-27-45(53)51(39)55/h5-33,37,40H,4H2,1-3H3. The van der Waals surface area contributed by atoms with Gasteiger partial charge in [-0.3, -0.25) is 4.99 Å². The summed E-state index contributed by atoms with van der Waals surface area (Å²) in [6.45, 7) is 7.20. The molecule has 0 saturated carbocycles. The van der Waals surface area contributed by atoms with E-state index in [0.29, 0.717) is 0 Å². The van der Waals surface area contributed by atoms with Crippen LogP contribution < -0.4 is 0 Å². The summed E-state index contributed by atoms with van der Waals surface area (Å²) in [6.07, 6.45) is 3.44. The van der Waals surface area contributed by atoms with E-state index in [0.717, 1.165) is 17.7 Å². The normalized spacial score (nSPS) is 20.4. The number of nitrogens with zero attached hydrogens (tertiary/aromatic N) is 2. The summed E-state index contributed by atoms with van der Waals surface area (Å²) >= 11 is 0. The number of allylic oxidation sites excluding steroid dienone is 1. The Bertz CT molecular complexity index is 2890. The van der Waals surface area contributed by atoms with Crippen molar-refractivity contribution in [3.05, 3.63) is 226 Å². The molecular weight excluding hydrogens is 665 g/mol. The van der Waals surface area contributed by atoms with Gasteiger partial charge in [-0.15, -0.1) is 0 Å². The van der Waals surface area contributed by atoms with E-state index in [4.69, 9.17) is 4.99 Å². The highest BCUT2D eigenvalue weighted by Crippen LogP contribution is 2.61. The van der Waals surface area contributed by atoms with Gasteiger partial charge in [-0.2, -0.15) is 0 Å². The average molecular weight is 707 g/mol. The lowest BCUT2D eigenvalue weighted by Gasteiger charge is -2.50.